The van der Waals surface area contributed by atoms with E-state index in [4.69, 9.17) is 9.47 Å². The summed E-state index contributed by atoms with van der Waals surface area (Å²) in [5.41, 5.74) is 0.624. The van der Waals surface area contributed by atoms with E-state index in [1.54, 1.807) is 33.4 Å². The largest absolute Gasteiger partial charge is 0.377 e. The van der Waals surface area contributed by atoms with Crippen LogP contribution < -0.4 is 10.6 Å². The number of halogens is 1. The van der Waals surface area contributed by atoms with Crippen LogP contribution in [0.4, 0.5) is 4.39 Å². The van der Waals surface area contributed by atoms with Crippen molar-refractivity contribution >= 4 is 5.96 Å². The van der Waals surface area contributed by atoms with Gasteiger partial charge in [-0.1, -0.05) is 12.1 Å². The van der Waals surface area contributed by atoms with Gasteiger partial charge in [-0.3, -0.25) is 4.99 Å². The number of methoxy groups -OCH3 is 2. The molecule has 0 radical (unpaired) electrons. The molecule has 0 saturated carbocycles. The van der Waals surface area contributed by atoms with Crippen molar-refractivity contribution < 1.29 is 13.9 Å². The Morgan fingerprint density at radius 2 is 1.86 bits per heavy atom. The van der Waals surface area contributed by atoms with Crippen molar-refractivity contribution in [2.75, 3.05) is 34.4 Å². The van der Waals surface area contributed by atoms with Gasteiger partial charge in [0.25, 0.3) is 0 Å². The third kappa shape index (κ3) is 5.99. The molecule has 1 aromatic carbocycles. The van der Waals surface area contributed by atoms with Gasteiger partial charge in [-0.2, -0.15) is 0 Å². The second-order valence-corrected chi connectivity index (χ2v) is 5.55. The van der Waals surface area contributed by atoms with Crippen molar-refractivity contribution in [3.05, 3.63) is 35.6 Å². The Morgan fingerprint density at radius 3 is 2.36 bits per heavy atom. The van der Waals surface area contributed by atoms with Crippen LogP contribution in [0.25, 0.3) is 0 Å². The van der Waals surface area contributed by atoms with Crippen LogP contribution in [0.15, 0.2) is 29.3 Å². The summed E-state index contributed by atoms with van der Waals surface area (Å²) in [6.45, 7) is 5.13. The lowest BCUT2D eigenvalue weighted by atomic mass is 10.1. The zero-order chi connectivity index (χ0) is 16.6. The van der Waals surface area contributed by atoms with Gasteiger partial charge >= 0.3 is 0 Å². The summed E-state index contributed by atoms with van der Waals surface area (Å²) in [7, 11) is 5.00. The summed E-state index contributed by atoms with van der Waals surface area (Å²) in [5, 5.41) is 6.39. The van der Waals surface area contributed by atoms with E-state index in [2.05, 4.69) is 15.6 Å². The number of aliphatic imine (C=N–C) groups is 1. The van der Waals surface area contributed by atoms with Crippen LogP contribution in [0.3, 0.4) is 0 Å². The first-order chi connectivity index (χ1) is 10.4. The minimum Gasteiger partial charge on any atom is -0.377 e. The van der Waals surface area contributed by atoms with Gasteiger partial charge in [0.05, 0.1) is 11.7 Å². The topological polar surface area (TPSA) is 54.9 Å². The second kappa shape index (κ2) is 8.70. The van der Waals surface area contributed by atoms with Crippen molar-refractivity contribution in [2.45, 2.75) is 25.6 Å². The predicted molar refractivity (Wildman–Crippen MR) is 86.6 cm³/mol. The maximum absolute atomic E-state index is 13.0. The average molecular weight is 311 g/mol. The highest BCUT2D eigenvalue weighted by Gasteiger charge is 2.17. The standard InChI is InChI=1S/C16H26FN3O2/c1-16(2,22-5)11-20-15(18-3)19-10-14(21-4)12-6-8-13(17)9-7-12/h6-9,14H,10-11H2,1-5H3,(H2,18,19,20). The van der Waals surface area contributed by atoms with Crippen molar-refractivity contribution in [3.8, 4) is 0 Å². The highest BCUT2D eigenvalue weighted by Crippen LogP contribution is 2.16. The highest BCUT2D eigenvalue weighted by atomic mass is 19.1. The Balaban J connectivity index is 2.55. The molecule has 6 heteroatoms. The predicted octanol–water partition coefficient (Wildman–Crippen LogP) is 2.10. The molecule has 0 fully saturated rings. The van der Waals surface area contributed by atoms with Gasteiger partial charge in [-0.05, 0) is 31.5 Å². The Morgan fingerprint density at radius 1 is 1.23 bits per heavy atom. The van der Waals surface area contributed by atoms with E-state index in [9.17, 15) is 4.39 Å². The van der Waals surface area contributed by atoms with E-state index in [1.807, 2.05) is 13.8 Å². The second-order valence-electron chi connectivity index (χ2n) is 5.55. The van der Waals surface area contributed by atoms with E-state index in [-0.39, 0.29) is 17.5 Å². The van der Waals surface area contributed by atoms with Crippen molar-refractivity contribution in [1.29, 1.82) is 0 Å². The Bertz CT molecular complexity index is 475. The smallest absolute Gasteiger partial charge is 0.191 e. The minimum absolute atomic E-state index is 0.186. The van der Waals surface area contributed by atoms with Gasteiger partial charge in [0, 0.05) is 34.4 Å². The average Bonchev–Trinajstić information content (AvgIpc) is 2.52. The van der Waals surface area contributed by atoms with Gasteiger partial charge in [-0.25, -0.2) is 4.39 Å². The fourth-order valence-corrected chi connectivity index (χ4v) is 1.79. The monoisotopic (exact) mass is 311 g/mol. The summed E-state index contributed by atoms with van der Waals surface area (Å²) in [6, 6.07) is 6.29. The van der Waals surface area contributed by atoms with Gasteiger partial charge in [0.1, 0.15) is 5.82 Å². The van der Waals surface area contributed by atoms with Gasteiger partial charge in [-0.15, -0.1) is 0 Å². The Hall–Kier alpha value is -1.66. The molecule has 5 nitrogen and oxygen atoms in total. The summed E-state index contributed by atoms with van der Waals surface area (Å²) in [5.74, 6) is 0.403. The summed E-state index contributed by atoms with van der Waals surface area (Å²) in [4.78, 5) is 4.16. The number of hydrogen-bond donors (Lipinski definition) is 2. The summed E-state index contributed by atoms with van der Waals surface area (Å²) in [6.07, 6.45) is -0.186. The molecule has 0 aliphatic rings. The molecule has 0 heterocycles. The molecule has 124 valence electrons. The lowest BCUT2D eigenvalue weighted by molar-refractivity contribution is 0.0267. The molecule has 22 heavy (non-hydrogen) atoms. The lowest BCUT2D eigenvalue weighted by Gasteiger charge is -2.25. The zero-order valence-electron chi connectivity index (χ0n) is 13.9. The third-order valence-corrected chi connectivity index (χ3v) is 3.44. The maximum atomic E-state index is 13.0. The molecule has 0 saturated heterocycles. The molecule has 0 aliphatic heterocycles. The molecule has 1 aromatic rings. The third-order valence-electron chi connectivity index (χ3n) is 3.44. The van der Waals surface area contributed by atoms with Gasteiger partial charge < -0.3 is 20.1 Å². The van der Waals surface area contributed by atoms with Crippen LogP contribution in [0.5, 0.6) is 0 Å². The number of guanidine groups is 1. The number of nitrogens with zero attached hydrogens (tertiary/aromatic N) is 1. The number of nitrogens with one attached hydrogen (secondary N) is 2. The number of benzene rings is 1. The number of hydrogen-bond acceptors (Lipinski definition) is 3. The summed E-state index contributed by atoms with van der Waals surface area (Å²) < 4.78 is 23.8. The van der Waals surface area contributed by atoms with E-state index >= 15 is 0 Å². The SMILES string of the molecule is CN=C(NCC(OC)c1ccc(F)cc1)NCC(C)(C)OC. The molecule has 0 spiro atoms. The lowest BCUT2D eigenvalue weighted by Crippen LogP contribution is -2.46. The number of rotatable bonds is 7. The normalized spacial score (nSPS) is 13.8. The van der Waals surface area contributed by atoms with Gasteiger partial charge in [0.2, 0.25) is 0 Å². The molecule has 0 amide bonds. The van der Waals surface area contributed by atoms with Crippen molar-refractivity contribution in [2.24, 2.45) is 4.99 Å². The number of ether oxygens (including phenoxy) is 2. The molecule has 1 rings (SSSR count). The molecule has 2 N–H and O–H groups in total. The van der Waals surface area contributed by atoms with E-state index in [1.165, 1.54) is 12.1 Å². The quantitative estimate of drug-likeness (QED) is 0.598. The minimum atomic E-state index is -0.283. The Labute approximate surface area is 131 Å². The van der Waals surface area contributed by atoms with Crippen LogP contribution in [-0.4, -0.2) is 45.9 Å². The van der Waals surface area contributed by atoms with Crippen LogP contribution >= 0.6 is 0 Å². The Kier molecular flexibility index (Phi) is 7.27. The molecule has 0 bridgehead atoms. The first-order valence-corrected chi connectivity index (χ1v) is 7.20. The molecule has 1 atom stereocenters. The zero-order valence-corrected chi connectivity index (χ0v) is 13.9. The highest BCUT2D eigenvalue weighted by molar-refractivity contribution is 5.79. The molecule has 0 aromatic heterocycles. The molecular formula is C16H26FN3O2. The van der Waals surface area contributed by atoms with Gasteiger partial charge in [0.15, 0.2) is 5.96 Å². The van der Waals surface area contributed by atoms with Crippen LogP contribution in [0, 0.1) is 5.82 Å². The maximum Gasteiger partial charge on any atom is 0.191 e. The van der Waals surface area contributed by atoms with Crippen molar-refractivity contribution in [3.63, 3.8) is 0 Å². The van der Waals surface area contributed by atoms with E-state index in [0.717, 1.165) is 5.56 Å². The van der Waals surface area contributed by atoms with Crippen LogP contribution in [-0.2, 0) is 9.47 Å². The molecular weight excluding hydrogens is 285 g/mol. The first-order valence-electron chi connectivity index (χ1n) is 7.20. The van der Waals surface area contributed by atoms with Crippen molar-refractivity contribution in [1.82, 2.24) is 10.6 Å². The van der Waals surface area contributed by atoms with E-state index in [0.29, 0.717) is 19.0 Å². The van der Waals surface area contributed by atoms with Crippen LogP contribution in [0.1, 0.15) is 25.5 Å². The van der Waals surface area contributed by atoms with E-state index < -0.39 is 0 Å². The molecule has 0 aliphatic carbocycles. The van der Waals surface area contributed by atoms with Crippen LogP contribution in [0.2, 0.25) is 0 Å². The molecule has 1 unspecified atom stereocenters. The fourth-order valence-electron chi connectivity index (χ4n) is 1.79. The first kappa shape index (κ1) is 18.4. The fraction of sp³-hybridized carbons (Fsp3) is 0.562. The summed E-state index contributed by atoms with van der Waals surface area (Å²) >= 11 is 0.